The lowest BCUT2D eigenvalue weighted by Gasteiger charge is -2.29. The van der Waals surface area contributed by atoms with Crippen LogP contribution in [0.4, 0.5) is 9.59 Å². The molecule has 4 aliphatic rings. The number of hydroxylamine groups is 4. The van der Waals surface area contributed by atoms with Crippen LogP contribution in [-0.4, -0.2) is 104 Å². The highest BCUT2D eigenvalue weighted by molar-refractivity contribution is 5.93. The largest absolute Gasteiger partial charge is 0.480 e. The number of Topliss-reactive ketones (excluding diaryl/α,β-unsaturated/α-hetero) is 1. The summed E-state index contributed by atoms with van der Waals surface area (Å²) >= 11 is 0. The van der Waals surface area contributed by atoms with Gasteiger partial charge in [-0.1, -0.05) is 102 Å². The first-order valence-corrected chi connectivity index (χ1v) is 18.5. The van der Waals surface area contributed by atoms with Crippen molar-refractivity contribution in [3.63, 3.8) is 0 Å². The molecule has 4 saturated heterocycles. The molecule has 0 radical (unpaired) electrons. The Morgan fingerprint density at radius 2 is 1.15 bits per heavy atom. The molecule has 4 aliphatic heterocycles. The van der Waals surface area contributed by atoms with E-state index >= 15 is 0 Å². The number of rotatable bonds is 10. The number of urea groups is 2. The Morgan fingerprint density at radius 1 is 0.709 bits per heavy atom. The maximum absolute atomic E-state index is 12.7. The second-order valence-electron chi connectivity index (χ2n) is 16.0. The first-order valence-electron chi connectivity index (χ1n) is 18.5. The van der Waals surface area contributed by atoms with Crippen molar-refractivity contribution in [1.82, 2.24) is 30.7 Å². The van der Waals surface area contributed by atoms with Gasteiger partial charge in [0.25, 0.3) is 0 Å². The molecule has 16 nitrogen and oxygen atoms in total. The number of nitrogens with zero attached hydrogens (tertiary/aromatic N) is 4. The number of ketones is 1. The summed E-state index contributed by atoms with van der Waals surface area (Å²) < 4.78 is 0. The van der Waals surface area contributed by atoms with Gasteiger partial charge in [0.05, 0.1) is 18.6 Å². The average molecular weight is 766 g/mol. The third-order valence-corrected chi connectivity index (χ3v) is 9.73. The first-order chi connectivity index (χ1) is 25.9. The number of nitrogens with one attached hydrogen (secondary N) is 2. The zero-order valence-electron chi connectivity index (χ0n) is 32.5. The minimum Gasteiger partial charge on any atom is -0.480 e. The van der Waals surface area contributed by atoms with Gasteiger partial charge in [-0.05, 0) is 36.8 Å². The highest BCUT2D eigenvalue weighted by atomic mass is 16.7. The Kier molecular flexibility index (Phi) is 14.4. The molecule has 4 fully saturated rings. The molecular weight excluding hydrogens is 710 g/mol. The van der Waals surface area contributed by atoms with Crippen LogP contribution < -0.4 is 16.6 Å². The molecule has 4 atom stereocenters. The third kappa shape index (κ3) is 11.2. The van der Waals surface area contributed by atoms with Crippen molar-refractivity contribution in [2.45, 2.75) is 105 Å². The summed E-state index contributed by atoms with van der Waals surface area (Å²) in [6.45, 7) is 12.4. The smallest absolute Gasteiger partial charge is 0.345 e. The molecule has 2 aromatic rings. The van der Waals surface area contributed by atoms with E-state index in [0.29, 0.717) is 52.0 Å². The van der Waals surface area contributed by atoms with Gasteiger partial charge in [0.1, 0.15) is 25.3 Å². The van der Waals surface area contributed by atoms with Crippen molar-refractivity contribution in [2.24, 2.45) is 16.7 Å². The number of carboxylic acids is 1. The van der Waals surface area contributed by atoms with Gasteiger partial charge in [0.2, 0.25) is 11.8 Å². The number of carbonyl (C=O) groups excluding carboxylic acids is 5. The third-order valence-electron chi connectivity index (χ3n) is 9.73. The van der Waals surface area contributed by atoms with Gasteiger partial charge in [-0.15, -0.1) is 0 Å². The van der Waals surface area contributed by atoms with Crippen molar-refractivity contribution >= 4 is 35.6 Å². The molecule has 0 saturated carbocycles. The second kappa shape index (κ2) is 18.5. The molecule has 6 amide bonds. The van der Waals surface area contributed by atoms with Crippen LogP contribution in [0.2, 0.25) is 0 Å². The number of benzene rings is 2. The summed E-state index contributed by atoms with van der Waals surface area (Å²) in [5, 5.41) is 14.6. The molecule has 5 N–H and O–H groups in total. The SMILES string of the molecule is CC(C)(C)C(=O)CNC(=O)[C@@H]1CC[C@@H]2CN1C(=O)N2OCc1ccccc1.CC(C)(C)C(=O)NN.O=C(O)[C@@H]1CC[C@@H]2CN1C(=O)N2OCc1ccccc1. The maximum atomic E-state index is 12.7. The maximum Gasteiger partial charge on any atom is 0.345 e. The number of nitrogens with two attached hydrogens (primary N) is 1. The lowest BCUT2D eigenvalue weighted by atomic mass is 9.91. The van der Waals surface area contributed by atoms with E-state index in [-0.39, 0.29) is 53.7 Å². The summed E-state index contributed by atoms with van der Waals surface area (Å²) in [7, 11) is 0. The summed E-state index contributed by atoms with van der Waals surface area (Å²) in [5.74, 6) is 3.46. The van der Waals surface area contributed by atoms with E-state index in [4.69, 9.17) is 20.6 Å². The summed E-state index contributed by atoms with van der Waals surface area (Å²) in [5.41, 5.74) is 3.16. The van der Waals surface area contributed by atoms with Gasteiger partial charge in [-0.3, -0.25) is 29.5 Å². The topological polar surface area (TPSA) is 204 Å². The van der Waals surface area contributed by atoms with Crippen LogP contribution in [0.5, 0.6) is 0 Å². The molecule has 16 heteroatoms. The van der Waals surface area contributed by atoms with E-state index in [2.05, 4.69) is 10.7 Å². The summed E-state index contributed by atoms with van der Waals surface area (Å²) in [4.78, 5) is 85.4. The van der Waals surface area contributed by atoms with Crippen molar-refractivity contribution in [3.05, 3.63) is 71.8 Å². The molecular formula is C39H55N7O9. The van der Waals surface area contributed by atoms with Crippen LogP contribution in [0.3, 0.4) is 0 Å². The van der Waals surface area contributed by atoms with Gasteiger partial charge < -0.3 is 20.2 Å². The van der Waals surface area contributed by atoms with Crippen LogP contribution in [0.25, 0.3) is 0 Å². The van der Waals surface area contributed by atoms with E-state index in [1.807, 2.05) is 81.4 Å². The zero-order chi connectivity index (χ0) is 40.5. The Labute approximate surface area is 322 Å². The molecule has 0 unspecified atom stereocenters. The molecule has 6 rings (SSSR count). The zero-order valence-corrected chi connectivity index (χ0v) is 32.5. The van der Waals surface area contributed by atoms with Crippen LogP contribution in [0, 0.1) is 10.8 Å². The van der Waals surface area contributed by atoms with Crippen LogP contribution in [-0.2, 0) is 42.1 Å². The second-order valence-corrected chi connectivity index (χ2v) is 16.0. The molecule has 0 spiro atoms. The molecule has 0 aliphatic carbocycles. The number of carboxylic acid groups (broad SMARTS) is 1. The fourth-order valence-electron chi connectivity index (χ4n) is 6.33. The average Bonchev–Trinajstić information content (AvgIpc) is 3.54. The molecule has 4 bridgehead atoms. The normalized spacial score (nSPS) is 21.6. The Morgan fingerprint density at radius 3 is 1.53 bits per heavy atom. The number of fused-ring (bicyclic) bond motifs is 4. The standard InChI is InChI=1S/C20H27N3O4.C14H16N2O4.C5H12N2O/c1-20(2,3)17(24)11-21-18(25)16-10-9-15-12-22(16)19(26)23(15)27-13-14-7-5-4-6-8-14;17-13(18)12-7-6-11-8-15(12)14(19)16(11)20-9-10-4-2-1-3-5-10;1-5(2,3)4(8)7-6/h4-8,15-16H,9-13H2,1-3H3,(H,21,25);1-5,11-12H,6-9H2,(H,17,18);6H2,1-3H3,(H,7,8)/t15-,16+;11-,12+;/m11./s1. The number of aliphatic carboxylic acids is 1. The number of hydrazine groups is 1. The Hall–Kier alpha value is -5.06. The quantitative estimate of drug-likeness (QED) is 0.157. The summed E-state index contributed by atoms with van der Waals surface area (Å²) in [6, 6.07) is 17.3. The predicted octanol–water partition coefficient (Wildman–Crippen LogP) is 3.61. The predicted molar refractivity (Wildman–Crippen MR) is 201 cm³/mol. The van der Waals surface area contributed by atoms with Crippen molar-refractivity contribution in [1.29, 1.82) is 0 Å². The van der Waals surface area contributed by atoms with Gasteiger partial charge in [-0.25, -0.2) is 20.2 Å². The lowest BCUT2D eigenvalue weighted by Crippen LogP contribution is -2.51. The van der Waals surface area contributed by atoms with Crippen LogP contribution in [0.1, 0.15) is 78.4 Å². The van der Waals surface area contributed by atoms with Crippen LogP contribution in [0.15, 0.2) is 60.7 Å². The monoisotopic (exact) mass is 765 g/mol. The molecule has 4 heterocycles. The highest BCUT2D eigenvalue weighted by Crippen LogP contribution is 2.32. The fourth-order valence-corrected chi connectivity index (χ4v) is 6.33. The van der Waals surface area contributed by atoms with E-state index in [1.54, 1.807) is 25.7 Å². The van der Waals surface area contributed by atoms with E-state index in [0.717, 1.165) is 11.1 Å². The first kappa shape index (κ1) is 42.7. The number of amides is 6. The van der Waals surface area contributed by atoms with Gasteiger partial charge in [0.15, 0.2) is 5.78 Å². The van der Waals surface area contributed by atoms with Crippen molar-refractivity contribution in [2.75, 3.05) is 19.6 Å². The van der Waals surface area contributed by atoms with E-state index in [1.165, 1.54) is 15.0 Å². The minimum absolute atomic E-state index is 0.0154. The van der Waals surface area contributed by atoms with Gasteiger partial charge in [-0.2, -0.15) is 10.1 Å². The lowest BCUT2D eigenvalue weighted by molar-refractivity contribution is -0.143. The van der Waals surface area contributed by atoms with Crippen molar-refractivity contribution < 1.29 is 43.5 Å². The van der Waals surface area contributed by atoms with Gasteiger partial charge >= 0.3 is 18.0 Å². The fraction of sp³-hybridized carbons (Fsp3) is 0.538. The number of hydrogen-bond donors (Lipinski definition) is 4. The highest BCUT2D eigenvalue weighted by Gasteiger charge is 2.49. The molecule has 0 aromatic heterocycles. The summed E-state index contributed by atoms with van der Waals surface area (Å²) in [6.07, 6.45) is 2.41. The Bertz CT molecular complexity index is 1660. The molecule has 55 heavy (non-hydrogen) atoms. The molecule has 2 aromatic carbocycles. The number of hydrogen-bond acceptors (Lipinski definition) is 9. The van der Waals surface area contributed by atoms with E-state index < -0.39 is 23.5 Å². The van der Waals surface area contributed by atoms with Crippen LogP contribution >= 0.6 is 0 Å². The van der Waals surface area contributed by atoms with E-state index in [9.17, 15) is 28.8 Å². The number of carbonyl (C=O) groups is 6. The Balaban J connectivity index is 0.000000210. The van der Waals surface area contributed by atoms with Gasteiger partial charge in [0, 0.05) is 23.9 Å². The minimum atomic E-state index is -0.943. The number of piperidine rings is 2. The molecule has 300 valence electrons. The van der Waals surface area contributed by atoms with Crippen molar-refractivity contribution in [3.8, 4) is 0 Å².